The van der Waals surface area contributed by atoms with Gasteiger partial charge in [-0.15, -0.1) is 10.2 Å². The number of carbonyl (C=O) groups is 1. The van der Waals surface area contributed by atoms with Crippen LogP contribution in [0.5, 0.6) is 0 Å². The first-order valence-electron chi connectivity index (χ1n) is 9.66. The maximum Gasteiger partial charge on any atom is 0.230 e. The summed E-state index contributed by atoms with van der Waals surface area (Å²) in [4.78, 5) is 17.6. The highest BCUT2D eigenvalue weighted by molar-refractivity contribution is 5.85. The van der Waals surface area contributed by atoms with Crippen molar-refractivity contribution < 1.29 is 4.79 Å². The number of benzene rings is 1. The third-order valence-corrected chi connectivity index (χ3v) is 5.80. The Labute approximate surface area is 154 Å². The van der Waals surface area contributed by atoms with Gasteiger partial charge in [0.2, 0.25) is 5.91 Å². The summed E-state index contributed by atoms with van der Waals surface area (Å²) in [5, 5.41) is 7.98. The first kappa shape index (κ1) is 17.2. The van der Waals surface area contributed by atoms with Crippen LogP contribution in [-0.2, 0) is 17.8 Å². The van der Waals surface area contributed by atoms with Crippen LogP contribution in [0.2, 0.25) is 0 Å². The Kier molecular flexibility index (Phi) is 5.02. The number of aryl methyl sites for hydroxylation is 2. The predicted molar refractivity (Wildman–Crippen MR) is 99.9 cm³/mol. The molecule has 0 saturated carbocycles. The van der Waals surface area contributed by atoms with Crippen LogP contribution >= 0.6 is 0 Å². The maximum atomic E-state index is 13.1. The van der Waals surface area contributed by atoms with E-state index in [1.165, 1.54) is 11.1 Å². The molecule has 6 heteroatoms. The molecule has 6 nitrogen and oxygen atoms in total. The number of amides is 1. The molecule has 0 bridgehead atoms. The second-order valence-corrected chi connectivity index (χ2v) is 7.38. The van der Waals surface area contributed by atoms with Crippen molar-refractivity contribution in [3.8, 4) is 0 Å². The lowest BCUT2D eigenvalue weighted by Gasteiger charge is -2.25. The van der Waals surface area contributed by atoms with Gasteiger partial charge in [-0.25, -0.2) is 0 Å². The van der Waals surface area contributed by atoms with Gasteiger partial charge in [-0.3, -0.25) is 9.69 Å². The summed E-state index contributed by atoms with van der Waals surface area (Å²) in [7, 11) is 0. The maximum absolute atomic E-state index is 13.1. The summed E-state index contributed by atoms with van der Waals surface area (Å²) in [6.07, 6.45) is 4.83. The molecule has 1 saturated heterocycles. The average molecular weight is 353 g/mol. The van der Waals surface area contributed by atoms with E-state index in [2.05, 4.69) is 48.8 Å². The summed E-state index contributed by atoms with van der Waals surface area (Å²) in [6, 6.07) is 8.44. The molecule has 0 radical (unpaired) electrons. The van der Waals surface area contributed by atoms with Crippen LogP contribution in [0.1, 0.15) is 35.7 Å². The van der Waals surface area contributed by atoms with Crippen molar-refractivity contribution in [1.82, 2.24) is 24.6 Å². The van der Waals surface area contributed by atoms with Gasteiger partial charge >= 0.3 is 0 Å². The Hall–Kier alpha value is -2.21. The van der Waals surface area contributed by atoms with Crippen LogP contribution < -0.4 is 0 Å². The first-order chi connectivity index (χ1) is 12.7. The van der Waals surface area contributed by atoms with E-state index in [4.69, 9.17) is 0 Å². The van der Waals surface area contributed by atoms with Crippen LogP contribution in [0, 0.1) is 6.92 Å². The van der Waals surface area contributed by atoms with Gasteiger partial charge in [0.05, 0.1) is 5.92 Å². The van der Waals surface area contributed by atoms with Crippen molar-refractivity contribution in [2.75, 3.05) is 32.7 Å². The van der Waals surface area contributed by atoms with E-state index in [-0.39, 0.29) is 5.92 Å². The van der Waals surface area contributed by atoms with E-state index in [9.17, 15) is 4.79 Å². The molecule has 1 aromatic heterocycles. The van der Waals surface area contributed by atoms with Crippen molar-refractivity contribution >= 4 is 5.91 Å². The zero-order valence-corrected chi connectivity index (χ0v) is 15.5. The monoisotopic (exact) mass is 353 g/mol. The van der Waals surface area contributed by atoms with Gasteiger partial charge in [0.15, 0.2) is 0 Å². The zero-order valence-electron chi connectivity index (χ0n) is 15.5. The topological polar surface area (TPSA) is 54.3 Å². The number of carbonyl (C=O) groups excluding carboxylic acids is 1. The van der Waals surface area contributed by atoms with Gasteiger partial charge < -0.3 is 9.47 Å². The number of rotatable bonds is 4. The Morgan fingerprint density at radius 3 is 2.88 bits per heavy atom. The number of hydrogen-bond donors (Lipinski definition) is 0. The fraction of sp³-hybridized carbons (Fsp3) is 0.550. The molecule has 1 fully saturated rings. The highest BCUT2D eigenvalue weighted by Gasteiger charge is 2.32. The lowest BCUT2D eigenvalue weighted by atomic mass is 10.00. The third kappa shape index (κ3) is 3.51. The van der Waals surface area contributed by atoms with E-state index in [0.717, 1.165) is 64.4 Å². The Balaban J connectivity index is 1.34. The van der Waals surface area contributed by atoms with E-state index < -0.39 is 0 Å². The molecular formula is C20H27N5O. The molecule has 0 spiro atoms. The van der Waals surface area contributed by atoms with Gasteiger partial charge in [-0.05, 0) is 43.9 Å². The number of fused-ring (bicyclic) bond motifs is 1. The molecule has 1 unspecified atom stereocenters. The Morgan fingerprint density at radius 2 is 2.04 bits per heavy atom. The molecular weight excluding hydrogens is 326 g/mol. The summed E-state index contributed by atoms with van der Waals surface area (Å²) >= 11 is 0. The molecule has 2 aliphatic rings. The lowest BCUT2D eigenvalue weighted by Crippen LogP contribution is -2.38. The molecule has 2 aromatic rings. The van der Waals surface area contributed by atoms with Crippen LogP contribution in [0.4, 0.5) is 0 Å². The molecule has 138 valence electrons. The lowest BCUT2D eigenvalue weighted by molar-refractivity contribution is -0.132. The molecule has 26 heavy (non-hydrogen) atoms. The molecule has 1 aliphatic heterocycles. The largest absolute Gasteiger partial charge is 0.341 e. The highest BCUT2D eigenvalue weighted by Crippen LogP contribution is 2.34. The van der Waals surface area contributed by atoms with Gasteiger partial charge in [-0.2, -0.15) is 0 Å². The van der Waals surface area contributed by atoms with Crippen LogP contribution in [0.3, 0.4) is 0 Å². The minimum atomic E-state index is 0.0671. The quantitative estimate of drug-likeness (QED) is 0.842. The van der Waals surface area contributed by atoms with Crippen LogP contribution in [0.15, 0.2) is 30.6 Å². The first-order valence-corrected chi connectivity index (χ1v) is 9.66. The second-order valence-electron chi connectivity index (χ2n) is 7.38. The molecule has 1 aromatic carbocycles. The highest BCUT2D eigenvalue weighted by atomic mass is 16.2. The summed E-state index contributed by atoms with van der Waals surface area (Å²) in [5.41, 5.74) is 2.60. The van der Waals surface area contributed by atoms with E-state index in [1.807, 2.05) is 6.92 Å². The van der Waals surface area contributed by atoms with Crippen molar-refractivity contribution in [3.63, 3.8) is 0 Å². The fourth-order valence-corrected chi connectivity index (χ4v) is 4.23. The third-order valence-electron chi connectivity index (χ3n) is 5.80. The Bertz CT molecular complexity index is 771. The summed E-state index contributed by atoms with van der Waals surface area (Å²) in [5.74, 6) is 1.35. The van der Waals surface area contributed by atoms with Crippen molar-refractivity contribution in [1.29, 1.82) is 0 Å². The van der Waals surface area contributed by atoms with E-state index in [1.54, 1.807) is 6.33 Å². The smallest absolute Gasteiger partial charge is 0.230 e. The van der Waals surface area contributed by atoms with Crippen molar-refractivity contribution in [2.45, 2.75) is 38.6 Å². The minimum Gasteiger partial charge on any atom is -0.341 e. The SMILES string of the molecule is Cc1nncn1CCN1CCCN(C(=O)C2CCc3ccccc32)CC1. The Morgan fingerprint density at radius 1 is 1.15 bits per heavy atom. The molecule has 1 aliphatic carbocycles. The molecule has 2 heterocycles. The minimum absolute atomic E-state index is 0.0671. The normalized spacial score (nSPS) is 20.8. The van der Waals surface area contributed by atoms with Crippen LogP contribution in [-0.4, -0.2) is 63.2 Å². The van der Waals surface area contributed by atoms with Gasteiger partial charge in [0.25, 0.3) is 0 Å². The molecule has 0 N–H and O–H groups in total. The van der Waals surface area contributed by atoms with Crippen molar-refractivity contribution in [3.05, 3.63) is 47.5 Å². The van der Waals surface area contributed by atoms with E-state index in [0.29, 0.717) is 5.91 Å². The molecule has 1 amide bonds. The number of hydrogen-bond acceptors (Lipinski definition) is 4. The summed E-state index contributed by atoms with van der Waals surface area (Å²) in [6.45, 7) is 7.57. The second kappa shape index (κ2) is 7.58. The standard InChI is InChI=1S/C20H27N5O/c1-16-22-21-15-25(16)14-12-23-9-4-10-24(13-11-23)20(26)19-8-7-17-5-2-3-6-18(17)19/h2-3,5-6,15,19H,4,7-14H2,1H3. The van der Waals surface area contributed by atoms with Gasteiger partial charge in [0.1, 0.15) is 12.2 Å². The number of nitrogens with zero attached hydrogens (tertiary/aromatic N) is 5. The van der Waals surface area contributed by atoms with Crippen LogP contribution in [0.25, 0.3) is 0 Å². The van der Waals surface area contributed by atoms with E-state index >= 15 is 0 Å². The number of aromatic nitrogens is 3. The van der Waals surface area contributed by atoms with Gasteiger partial charge in [0, 0.05) is 32.7 Å². The molecule has 4 rings (SSSR count). The van der Waals surface area contributed by atoms with Crippen molar-refractivity contribution in [2.24, 2.45) is 0 Å². The van der Waals surface area contributed by atoms with Gasteiger partial charge in [-0.1, -0.05) is 24.3 Å². The fourth-order valence-electron chi connectivity index (χ4n) is 4.23. The average Bonchev–Trinajstić information content (AvgIpc) is 3.19. The summed E-state index contributed by atoms with van der Waals surface area (Å²) < 4.78 is 2.09. The zero-order chi connectivity index (χ0) is 17.9. The molecule has 1 atom stereocenters. The predicted octanol–water partition coefficient (Wildman–Crippen LogP) is 1.85.